The zero-order valence-electron chi connectivity index (χ0n) is 16.8. The van der Waals surface area contributed by atoms with Crippen LogP contribution in [0, 0.1) is 5.82 Å². The number of halogens is 2. The summed E-state index contributed by atoms with van der Waals surface area (Å²) in [6.07, 6.45) is 0. The molecule has 0 bridgehead atoms. The van der Waals surface area contributed by atoms with Crippen molar-refractivity contribution in [1.29, 1.82) is 0 Å². The van der Waals surface area contributed by atoms with E-state index in [2.05, 4.69) is 21.2 Å². The summed E-state index contributed by atoms with van der Waals surface area (Å²) >= 11 is 3.51. The Morgan fingerprint density at radius 1 is 1.06 bits per heavy atom. The summed E-state index contributed by atoms with van der Waals surface area (Å²) in [6, 6.07) is 16.3. The number of nitrogens with two attached hydrogens (primary N) is 1. The fraction of sp³-hybridized carbons (Fsp3) is 0.182. The predicted octanol–water partition coefficient (Wildman–Crippen LogP) is 4.83. The molecule has 3 rings (SSSR count). The van der Waals surface area contributed by atoms with Crippen molar-refractivity contribution in [2.24, 2.45) is 5.14 Å². The zero-order chi connectivity index (χ0) is 22.4. The van der Waals surface area contributed by atoms with Crippen molar-refractivity contribution in [2.45, 2.75) is 25.0 Å². The van der Waals surface area contributed by atoms with E-state index in [1.165, 1.54) is 18.2 Å². The van der Waals surface area contributed by atoms with Crippen LogP contribution in [0.4, 0.5) is 10.1 Å². The Hall–Kier alpha value is -2.62. The van der Waals surface area contributed by atoms with E-state index in [1.54, 1.807) is 30.3 Å². The molecule has 0 aliphatic rings. The van der Waals surface area contributed by atoms with Crippen LogP contribution in [0.25, 0.3) is 0 Å². The zero-order valence-corrected chi connectivity index (χ0v) is 19.2. The van der Waals surface area contributed by atoms with Crippen molar-refractivity contribution in [3.05, 3.63) is 82.1 Å². The molecule has 0 radical (unpaired) electrons. The molecule has 0 aliphatic heterocycles. The van der Waals surface area contributed by atoms with Gasteiger partial charge in [-0.1, -0.05) is 18.2 Å². The highest BCUT2D eigenvalue weighted by Gasteiger charge is 2.14. The number of rotatable bonds is 9. The first-order valence-electron chi connectivity index (χ1n) is 9.46. The number of anilines is 1. The van der Waals surface area contributed by atoms with Gasteiger partial charge >= 0.3 is 0 Å². The van der Waals surface area contributed by atoms with Gasteiger partial charge < -0.3 is 14.8 Å². The van der Waals surface area contributed by atoms with E-state index in [-0.39, 0.29) is 17.3 Å². The molecule has 0 fully saturated rings. The molecule has 0 heterocycles. The van der Waals surface area contributed by atoms with Crippen LogP contribution in [0.15, 0.2) is 70.0 Å². The summed E-state index contributed by atoms with van der Waals surface area (Å²) in [4.78, 5) is 0.0516. The Balaban J connectivity index is 1.74. The maximum absolute atomic E-state index is 13.9. The highest BCUT2D eigenvalue weighted by molar-refractivity contribution is 9.10. The summed E-state index contributed by atoms with van der Waals surface area (Å²) in [7, 11) is -3.73. The molecule has 3 aromatic carbocycles. The Morgan fingerprint density at radius 2 is 1.77 bits per heavy atom. The van der Waals surface area contributed by atoms with Crippen LogP contribution in [-0.2, 0) is 23.2 Å². The molecule has 0 unspecified atom stereocenters. The number of primary sulfonamides is 1. The third kappa shape index (κ3) is 6.19. The Kier molecular flexibility index (Phi) is 7.53. The molecule has 0 amide bonds. The van der Waals surface area contributed by atoms with Gasteiger partial charge in [-0.25, -0.2) is 17.9 Å². The normalized spacial score (nSPS) is 11.2. The van der Waals surface area contributed by atoms with E-state index in [0.29, 0.717) is 34.7 Å². The number of sulfonamides is 1. The number of ether oxygens (including phenoxy) is 2. The van der Waals surface area contributed by atoms with Crippen LogP contribution < -0.4 is 19.9 Å². The van der Waals surface area contributed by atoms with Crippen molar-refractivity contribution < 1.29 is 22.3 Å². The first-order valence-corrected chi connectivity index (χ1v) is 11.8. The molecular weight excluding hydrogens is 487 g/mol. The highest BCUT2D eigenvalue weighted by Crippen LogP contribution is 2.37. The standard InChI is InChI=1S/C22H22BrFN2O4S/c1-2-29-21-12-15(13-26-17-7-9-18(10-8-17)31(25,27)28)11-19(23)22(21)30-14-16-5-3-4-6-20(16)24/h3-12,26H,2,13-14H2,1H3,(H2,25,27,28). The van der Waals surface area contributed by atoms with E-state index in [4.69, 9.17) is 14.6 Å². The largest absolute Gasteiger partial charge is 0.490 e. The van der Waals surface area contributed by atoms with Gasteiger partial charge in [0.15, 0.2) is 11.5 Å². The van der Waals surface area contributed by atoms with Gasteiger partial charge in [-0.3, -0.25) is 0 Å². The van der Waals surface area contributed by atoms with Crippen LogP contribution >= 0.6 is 15.9 Å². The van der Waals surface area contributed by atoms with E-state index >= 15 is 0 Å². The summed E-state index contributed by atoms with van der Waals surface area (Å²) < 4.78 is 48.9. The minimum absolute atomic E-state index is 0.0516. The summed E-state index contributed by atoms with van der Waals surface area (Å²) in [6.45, 7) is 2.83. The lowest BCUT2D eigenvalue weighted by Gasteiger charge is -2.16. The molecule has 3 N–H and O–H groups in total. The smallest absolute Gasteiger partial charge is 0.238 e. The fourth-order valence-corrected chi connectivity index (χ4v) is 3.98. The van der Waals surface area contributed by atoms with Crippen molar-refractivity contribution >= 4 is 31.6 Å². The lowest BCUT2D eigenvalue weighted by molar-refractivity contribution is 0.264. The maximum Gasteiger partial charge on any atom is 0.238 e. The summed E-state index contributed by atoms with van der Waals surface area (Å²) in [5.41, 5.74) is 2.09. The average Bonchev–Trinajstić information content (AvgIpc) is 2.73. The van der Waals surface area contributed by atoms with Gasteiger partial charge in [-0.05, 0) is 70.9 Å². The first kappa shape index (κ1) is 23.1. The monoisotopic (exact) mass is 508 g/mol. The number of hydrogen-bond donors (Lipinski definition) is 2. The second-order valence-electron chi connectivity index (χ2n) is 6.64. The minimum atomic E-state index is -3.73. The number of benzene rings is 3. The lowest BCUT2D eigenvalue weighted by Crippen LogP contribution is -2.12. The number of nitrogens with one attached hydrogen (secondary N) is 1. The van der Waals surface area contributed by atoms with Crippen molar-refractivity contribution in [3.8, 4) is 11.5 Å². The molecule has 0 spiro atoms. The molecule has 3 aromatic rings. The van der Waals surface area contributed by atoms with Crippen LogP contribution in [0.2, 0.25) is 0 Å². The molecule has 0 aromatic heterocycles. The third-order valence-corrected chi connectivity index (χ3v) is 5.90. The quantitative estimate of drug-likeness (QED) is 0.432. The Bertz CT molecular complexity index is 1150. The summed E-state index contributed by atoms with van der Waals surface area (Å²) in [5.74, 6) is 0.701. The minimum Gasteiger partial charge on any atom is -0.490 e. The first-order chi connectivity index (χ1) is 14.8. The molecule has 0 atom stereocenters. The van der Waals surface area contributed by atoms with Crippen LogP contribution in [-0.4, -0.2) is 15.0 Å². The van der Waals surface area contributed by atoms with Crippen LogP contribution in [0.3, 0.4) is 0 Å². The second-order valence-corrected chi connectivity index (χ2v) is 9.06. The van der Waals surface area contributed by atoms with Gasteiger partial charge in [0.25, 0.3) is 0 Å². The van der Waals surface area contributed by atoms with Crippen molar-refractivity contribution in [2.75, 3.05) is 11.9 Å². The van der Waals surface area contributed by atoms with Gasteiger partial charge in [0.1, 0.15) is 12.4 Å². The Labute approximate surface area is 189 Å². The van der Waals surface area contributed by atoms with Crippen molar-refractivity contribution in [3.63, 3.8) is 0 Å². The molecule has 9 heteroatoms. The molecule has 164 valence electrons. The molecule has 31 heavy (non-hydrogen) atoms. The molecule has 0 saturated heterocycles. The van der Waals surface area contributed by atoms with Gasteiger partial charge in [0.05, 0.1) is 16.0 Å². The topological polar surface area (TPSA) is 90.6 Å². The third-order valence-electron chi connectivity index (χ3n) is 4.38. The maximum atomic E-state index is 13.9. The van der Waals surface area contributed by atoms with E-state index in [1.807, 2.05) is 19.1 Å². The van der Waals surface area contributed by atoms with E-state index < -0.39 is 10.0 Å². The van der Waals surface area contributed by atoms with Gasteiger partial charge in [-0.15, -0.1) is 0 Å². The average molecular weight is 509 g/mol. The van der Waals surface area contributed by atoms with Gasteiger partial charge in [-0.2, -0.15) is 0 Å². The predicted molar refractivity (Wildman–Crippen MR) is 121 cm³/mol. The second kappa shape index (κ2) is 10.1. The van der Waals surface area contributed by atoms with Gasteiger partial charge in [0.2, 0.25) is 10.0 Å². The highest BCUT2D eigenvalue weighted by atomic mass is 79.9. The van der Waals surface area contributed by atoms with Crippen LogP contribution in [0.1, 0.15) is 18.1 Å². The molecule has 6 nitrogen and oxygen atoms in total. The molecular formula is C22H22BrFN2O4S. The lowest BCUT2D eigenvalue weighted by atomic mass is 10.2. The van der Waals surface area contributed by atoms with Crippen molar-refractivity contribution in [1.82, 2.24) is 0 Å². The SMILES string of the molecule is CCOc1cc(CNc2ccc(S(N)(=O)=O)cc2)cc(Br)c1OCc1ccccc1F. The van der Waals surface area contributed by atoms with E-state index in [0.717, 1.165) is 11.3 Å². The van der Waals surface area contributed by atoms with Gasteiger partial charge in [0, 0.05) is 17.8 Å². The summed E-state index contributed by atoms with van der Waals surface area (Å²) in [5, 5.41) is 8.34. The van der Waals surface area contributed by atoms with Crippen LogP contribution in [0.5, 0.6) is 11.5 Å². The van der Waals surface area contributed by atoms with E-state index in [9.17, 15) is 12.8 Å². The molecule has 0 aliphatic carbocycles. The fourth-order valence-electron chi connectivity index (χ4n) is 2.86. The number of hydrogen-bond acceptors (Lipinski definition) is 5. The Morgan fingerprint density at radius 3 is 2.42 bits per heavy atom. The molecule has 0 saturated carbocycles.